The van der Waals surface area contributed by atoms with Gasteiger partial charge in [-0.05, 0) is 45.2 Å². The molecule has 226 valence electrons. The lowest BCUT2D eigenvalue weighted by molar-refractivity contribution is -0.197. The molecule has 0 aromatic carbocycles. The molecule has 40 heavy (non-hydrogen) atoms. The van der Waals surface area contributed by atoms with E-state index in [1.54, 1.807) is 7.05 Å². The number of amides is 4. The van der Waals surface area contributed by atoms with Crippen LogP contribution in [0.4, 0.5) is 0 Å². The molecular weight excluding hydrogens is 524 g/mol. The molecule has 0 aliphatic carbocycles. The molecule has 1 saturated heterocycles. The number of carbonyl (C=O) groups is 7. The molecule has 1 fully saturated rings. The summed E-state index contributed by atoms with van der Waals surface area (Å²) in [5.41, 5.74) is 0. The molecule has 0 bridgehead atoms. The third-order valence-corrected chi connectivity index (χ3v) is 6.34. The average Bonchev–Trinajstić information content (AvgIpc) is 3.16. The van der Waals surface area contributed by atoms with Crippen LogP contribution in [0.5, 0.6) is 0 Å². The maximum absolute atomic E-state index is 12.9. The maximum Gasteiger partial charge on any atom is 0.333 e. The lowest BCUT2D eigenvalue weighted by atomic mass is 9.97. The lowest BCUT2D eigenvalue weighted by Crippen LogP contribution is -2.54. The number of imide groups is 1. The molecule has 1 rings (SSSR count). The standard InChI is InChI=1S/C27H44N4O9/c1-17(2)25(19(5)32)29-27(38)26(18(3)4)30(6)15-8-11-23(36)39-16-14-28-20(33)9-7-10-24(37)40-31-21(34)12-13-22(31)35/h17-18,25-26H,7-16H2,1-6H3,(H,28,33)(H,29,38)/t25-,26?/m0/s1. The van der Waals surface area contributed by atoms with Gasteiger partial charge >= 0.3 is 11.9 Å². The second-order valence-corrected chi connectivity index (χ2v) is 10.6. The van der Waals surface area contributed by atoms with E-state index < -0.39 is 35.8 Å². The van der Waals surface area contributed by atoms with Crippen LogP contribution < -0.4 is 10.6 Å². The summed E-state index contributed by atoms with van der Waals surface area (Å²) in [4.78, 5) is 89.9. The molecular formula is C27H44N4O9. The van der Waals surface area contributed by atoms with Crippen LogP contribution in [-0.2, 0) is 43.1 Å². The molecule has 0 aromatic rings. The van der Waals surface area contributed by atoms with Crippen molar-refractivity contribution >= 4 is 41.4 Å². The quantitative estimate of drug-likeness (QED) is 0.138. The number of esters is 1. The summed E-state index contributed by atoms with van der Waals surface area (Å²) in [6.07, 6.45) is 0.663. The first kappa shape index (κ1) is 34.7. The van der Waals surface area contributed by atoms with Gasteiger partial charge in [-0.3, -0.25) is 33.7 Å². The van der Waals surface area contributed by atoms with Crippen LogP contribution in [-0.4, -0.2) is 90.1 Å². The van der Waals surface area contributed by atoms with Crippen molar-refractivity contribution < 1.29 is 43.1 Å². The van der Waals surface area contributed by atoms with Gasteiger partial charge in [-0.2, -0.15) is 0 Å². The highest BCUT2D eigenvalue weighted by atomic mass is 16.7. The van der Waals surface area contributed by atoms with Crippen molar-refractivity contribution in [1.29, 1.82) is 0 Å². The Labute approximate surface area is 235 Å². The fraction of sp³-hybridized carbons (Fsp3) is 0.741. The highest BCUT2D eigenvalue weighted by Crippen LogP contribution is 2.14. The van der Waals surface area contributed by atoms with Crippen molar-refractivity contribution in [3.63, 3.8) is 0 Å². The summed E-state index contributed by atoms with van der Waals surface area (Å²) in [5, 5.41) is 5.90. The Morgan fingerprint density at radius 3 is 2.05 bits per heavy atom. The summed E-state index contributed by atoms with van der Waals surface area (Å²) in [7, 11) is 1.80. The van der Waals surface area contributed by atoms with Gasteiger partial charge in [0.05, 0.1) is 18.6 Å². The van der Waals surface area contributed by atoms with E-state index >= 15 is 0 Å². The van der Waals surface area contributed by atoms with Crippen LogP contribution in [0.2, 0.25) is 0 Å². The number of nitrogens with one attached hydrogen (secondary N) is 2. The SMILES string of the molecule is CC(=O)[C@@H](NC(=O)C(C(C)C)N(C)CCCC(=O)OCCNC(=O)CCCC(=O)ON1C(=O)CCC1=O)C(C)C. The number of hydrogen-bond donors (Lipinski definition) is 2. The van der Waals surface area contributed by atoms with Crippen LogP contribution in [0.1, 0.15) is 79.6 Å². The van der Waals surface area contributed by atoms with E-state index in [-0.39, 0.29) is 81.1 Å². The van der Waals surface area contributed by atoms with Crippen LogP contribution in [0.3, 0.4) is 0 Å². The minimum Gasteiger partial charge on any atom is -0.464 e. The zero-order valence-corrected chi connectivity index (χ0v) is 24.4. The van der Waals surface area contributed by atoms with Gasteiger partial charge in [-0.25, -0.2) is 4.79 Å². The predicted octanol–water partition coefficient (Wildman–Crippen LogP) is 0.890. The zero-order valence-electron chi connectivity index (χ0n) is 24.4. The maximum atomic E-state index is 12.9. The van der Waals surface area contributed by atoms with Crippen LogP contribution in [0.15, 0.2) is 0 Å². The van der Waals surface area contributed by atoms with E-state index in [0.29, 0.717) is 18.0 Å². The first-order chi connectivity index (χ1) is 18.7. The number of hydroxylamine groups is 2. The molecule has 1 unspecified atom stereocenters. The van der Waals surface area contributed by atoms with E-state index in [1.807, 2.05) is 32.6 Å². The normalized spacial score (nSPS) is 14.9. The molecule has 13 nitrogen and oxygen atoms in total. The third-order valence-electron chi connectivity index (χ3n) is 6.34. The van der Waals surface area contributed by atoms with E-state index in [9.17, 15) is 33.6 Å². The van der Waals surface area contributed by atoms with Gasteiger partial charge in [0.2, 0.25) is 11.8 Å². The molecule has 2 N–H and O–H groups in total. The molecule has 1 aliphatic rings. The van der Waals surface area contributed by atoms with Gasteiger partial charge in [0.1, 0.15) is 6.61 Å². The average molecular weight is 569 g/mol. The number of rotatable bonds is 18. The number of carbonyl (C=O) groups excluding carboxylic acids is 7. The van der Waals surface area contributed by atoms with E-state index in [1.165, 1.54) is 6.92 Å². The topological polar surface area (TPSA) is 168 Å². The van der Waals surface area contributed by atoms with Crippen LogP contribution in [0.25, 0.3) is 0 Å². The summed E-state index contributed by atoms with van der Waals surface area (Å²) in [5.74, 6) is -3.03. The largest absolute Gasteiger partial charge is 0.464 e. The number of Topliss-reactive ketones (excluding diaryl/α,β-unsaturated/α-hetero) is 1. The van der Waals surface area contributed by atoms with E-state index in [0.717, 1.165) is 0 Å². The predicted molar refractivity (Wildman–Crippen MR) is 143 cm³/mol. The van der Waals surface area contributed by atoms with E-state index in [2.05, 4.69) is 10.6 Å². The van der Waals surface area contributed by atoms with Gasteiger partial charge in [-0.15, -0.1) is 5.06 Å². The fourth-order valence-corrected chi connectivity index (χ4v) is 4.31. The van der Waals surface area contributed by atoms with Gasteiger partial charge < -0.3 is 20.2 Å². The Kier molecular flexibility index (Phi) is 15.1. The molecule has 1 heterocycles. The van der Waals surface area contributed by atoms with Crippen molar-refractivity contribution in [2.45, 2.75) is 91.6 Å². The number of ether oxygens (including phenoxy) is 1. The lowest BCUT2D eigenvalue weighted by Gasteiger charge is -2.32. The molecule has 0 saturated carbocycles. The van der Waals surface area contributed by atoms with Crippen molar-refractivity contribution in [3.8, 4) is 0 Å². The molecule has 0 radical (unpaired) electrons. The number of ketones is 1. The Hall–Kier alpha value is -3.35. The smallest absolute Gasteiger partial charge is 0.333 e. The van der Waals surface area contributed by atoms with Gasteiger partial charge in [0.15, 0.2) is 5.78 Å². The minimum atomic E-state index is -0.771. The summed E-state index contributed by atoms with van der Waals surface area (Å²) >= 11 is 0. The first-order valence-corrected chi connectivity index (χ1v) is 13.7. The molecule has 13 heteroatoms. The molecule has 0 aromatic heterocycles. The molecule has 4 amide bonds. The monoisotopic (exact) mass is 568 g/mol. The number of nitrogens with zero attached hydrogens (tertiary/aromatic N) is 2. The van der Waals surface area contributed by atoms with Crippen LogP contribution >= 0.6 is 0 Å². The molecule has 1 aliphatic heterocycles. The van der Waals surface area contributed by atoms with Crippen molar-refractivity contribution in [1.82, 2.24) is 20.6 Å². The van der Waals surface area contributed by atoms with E-state index in [4.69, 9.17) is 9.57 Å². The second-order valence-electron chi connectivity index (χ2n) is 10.6. The van der Waals surface area contributed by atoms with Gasteiger partial charge in [-0.1, -0.05) is 27.7 Å². The number of likely N-dealkylation sites (N-methyl/N-ethyl adjacent to an activating group) is 1. The van der Waals surface area contributed by atoms with Gasteiger partial charge in [0.25, 0.3) is 11.8 Å². The number of hydrogen-bond acceptors (Lipinski definition) is 10. The Morgan fingerprint density at radius 2 is 1.50 bits per heavy atom. The molecule has 2 atom stereocenters. The minimum absolute atomic E-state index is 0.00949. The van der Waals surface area contributed by atoms with Crippen molar-refractivity contribution in [3.05, 3.63) is 0 Å². The highest BCUT2D eigenvalue weighted by Gasteiger charge is 2.33. The van der Waals surface area contributed by atoms with Crippen molar-refractivity contribution in [2.24, 2.45) is 11.8 Å². The summed E-state index contributed by atoms with van der Waals surface area (Å²) in [6.45, 7) is 9.62. The Balaban J connectivity index is 2.25. The second kappa shape index (κ2) is 17.4. The zero-order chi connectivity index (χ0) is 30.4. The summed E-state index contributed by atoms with van der Waals surface area (Å²) in [6, 6.07) is -1.01. The van der Waals surface area contributed by atoms with Gasteiger partial charge in [0, 0.05) is 32.1 Å². The highest BCUT2D eigenvalue weighted by molar-refractivity contribution is 6.01. The fourth-order valence-electron chi connectivity index (χ4n) is 4.31. The first-order valence-electron chi connectivity index (χ1n) is 13.7. The van der Waals surface area contributed by atoms with Crippen molar-refractivity contribution in [2.75, 3.05) is 26.7 Å². The Bertz CT molecular complexity index is 919. The Morgan fingerprint density at radius 1 is 0.900 bits per heavy atom. The van der Waals surface area contributed by atoms with Crippen LogP contribution in [0, 0.1) is 11.8 Å². The third kappa shape index (κ3) is 12.2. The molecule has 0 spiro atoms. The summed E-state index contributed by atoms with van der Waals surface area (Å²) < 4.78 is 5.14.